The molecule has 2 aliphatic rings. The Morgan fingerprint density at radius 3 is 2.44 bits per heavy atom. The Kier molecular flexibility index (Phi) is 8.76. The number of pyridine rings is 1. The van der Waals surface area contributed by atoms with Crippen molar-refractivity contribution in [3.8, 4) is 6.07 Å². The van der Waals surface area contributed by atoms with Crippen LogP contribution >= 0.6 is 11.6 Å². The molecule has 1 aliphatic carbocycles. The number of benzene rings is 1. The number of nitriles is 1. The third-order valence-corrected chi connectivity index (χ3v) is 9.95. The molecule has 1 unspecified atom stereocenters. The highest BCUT2D eigenvalue weighted by atomic mass is 35.5. The number of aldehydes is 1. The molecule has 1 aliphatic heterocycles. The topological polar surface area (TPSA) is 80.5 Å². The van der Waals surface area contributed by atoms with E-state index in [1.54, 1.807) is 0 Å². The van der Waals surface area contributed by atoms with Crippen molar-refractivity contribution in [3.05, 3.63) is 57.7 Å². The lowest BCUT2D eigenvalue weighted by Crippen LogP contribution is -2.69. The van der Waals surface area contributed by atoms with Crippen LogP contribution in [0.4, 0.5) is 5.82 Å². The third kappa shape index (κ3) is 5.73. The van der Waals surface area contributed by atoms with Crippen LogP contribution in [0, 0.1) is 34.0 Å². The number of rotatable bonds is 9. The standard InChI is InChI=1S/C32H43ClN4O2/c1-21(23-7-8-24(17-34)26(33)16-23)15-28-31(2,3)30(32(28,4)5)36(6)18-27-25(20-39)9-10-29(35-27)37-13-11-22(19-38)12-14-37/h7-10,16,20-22,28,30,38H,11-15,18-19H2,1-6H3. The molecule has 1 saturated carbocycles. The molecule has 0 spiro atoms. The molecule has 1 N–H and O–H groups in total. The van der Waals surface area contributed by atoms with Crippen molar-refractivity contribution >= 4 is 23.7 Å². The average molecular weight is 551 g/mol. The van der Waals surface area contributed by atoms with Gasteiger partial charge in [0.05, 0.1) is 16.3 Å². The summed E-state index contributed by atoms with van der Waals surface area (Å²) in [4.78, 5) is 21.6. The SMILES string of the molecule is CC(CC1C(C)(C)C(N(C)Cc2nc(N3CCC(CO)CC3)ccc2C=O)C1(C)C)c1ccc(C#N)c(Cl)c1. The van der Waals surface area contributed by atoms with Gasteiger partial charge in [0, 0.05) is 37.8 Å². The molecule has 2 fully saturated rings. The maximum Gasteiger partial charge on any atom is 0.151 e. The van der Waals surface area contributed by atoms with E-state index >= 15 is 0 Å². The number of halogens is 1. The van der Waals surface area contributed by atoms with E-state index in [1.165, 1.54) is 5.56 Å². The Bertz CT molecular complexity index is 1210. The van der Waals surface area contributed by atoms with Gasteiger partial charge in [-0.3, -0.25) is 9.69 Å². The van der Waals surface area contributed by atoms with Crippen LogP contribution in [0.25, 0.3) is 0 Å². The van der Waals surface area contributed by atoms with Gasteiger partial charge in [0.2, 0.25) is 0 Å². The summed E-state index contributed by atoms with van der Waals surface area (Å²) in [6, 6.07) is 12.1. The van der Waals surface area contributed by atoms with Crippen LogP contribution in [0.5, 0.6) is 0 Å². The Hall–Kier alpha value is -2.46. The number of carbonyl (C=O) groups excluding carboxylic acids is 1. The zero-order chi connectivity index (χ0) is 28.5. The molecule has 2 heterocycles. The van der Waals surface area contributed by atoms with Crippen LogP contribution in [0.3, 0.4) is 0 Å². The lowest BCUT2D eigenvalue weighted by Gasteiger charge is -2.67. The van der Waals surface area contributed by atoms with Crippen molar-refractivity contribution in [2.45, 2.75) is 72.4 Å². The smallest absolute Gasteiger partial charge is 0.151 e. The van der Waals surface area contributed by atoms with Crippen LogP contribution in [0.15, 0.2) is 30.3 Å². The fraction of sp³-hybridized carbons (Fsp3) is 0.594. The number of carbonyl (C=O) groups is 1. The minimum atomic E-state index is 0.0635. The van der Waals surface area contributed by atoms with Gasteiger partial charge < -0.3 is 10.0 Å². The number of hydrogen-bond donors (Lipinski definition) is 1. The van der Waals surface area contributed by atoms with E-state index in [2.05, 4.69) is 57.5 Å². The van der Waals surface area contributed by atoms with Crippen molar-refractivity contribution in [2.24, 2.45) is 22.7 Å². The fourth-order valence-electron chi connectivity index (χ4n) is 7.95. The molecule has 1 saturated heterocycles. The molecule has 0 bridgehead atoms. The van der Waals surface area contributed by atoms with E-state index in [4.69, 9.17) is 16.6 Å². The highest BCUT2D eigenvalue weighted by molar-refractivity contribution is 6.31. The molecule has 6 nitrogen and oxygen atoms in total. The first-order valence-corrected chi connectivity index (χ1v) is 14.5. The van der Waals surface area contributed by atoms with Gasteiger partial charge in [-0.05, 0) is 84.7 Å². The van der Waals surface area contributed by atoms with Crippen LogP contribution in [-0.2, 0) is 6.54 Å². The predicted octanol–water partition coefficient (Wildman–Crippen LogP) is 6.30. The maximum absolute atomic E-state index is 11.9. The molecule has 4 rings (SSSR count). The van der Waals surface area contributed by atoms with Gasteiger partial charge in [0.25, 0.3) is 0 Å². The number of aromatic nitrogens is 1. The second kappa shape index (κ2) is 11.6. The summed E-state index contributed by atoms with van der Waals surface area (Å²) in [5.41, 5.74) is 3.28. The van der Waals surface area contributed by atoms with Gasteiger partial charge in [-0.2, -0.15) is 5.26 Å². The van der Waals surface area contributed by atoms with E-state index in [0.29, 0.717) is 46.5 Å². The summed E-state index contributed by atoms with van der Waals surface area (Å²) in [6.07, 6.45) is 3.87. The zero-order valence-electron chi connectivity index (χ0n) is 24.2. The first-order valence-electron chi connectivity index (χ1n) is 14.1. The summed E-state index contributed by atoms with van der Waals surface area (Å²) in [7, 11) is 2.16. The molecule has 1 aromatic carbocycles. The monoisotopic (exact) mass is 550 g/mol. The average Bonchev–Trinajstić information content (AvgIpc) is 2.91. The summed E-state index contributed by atoms with van der Waals surface area (Å²) in [5.74, 6) is 2.09. The molecule has 2 aromatic rings. The van der Waals surface area contributed by atoms with Crippen LogP contribution < -0.4 is 4.90 Å². The second-order valence-electron chi connectivity index (χ2n) is 12.9. The van der Waals surface area contributed by atoms with E-state index in [1.807, 2.05) is 30.3 Å². The molecule has 1 aromatic heterocycles. The van der Waals surface area contributed by atoms with Gasteiger partial charge in [0.15, 0.2) is 6.29 Å². The second-order valence-corrected chi connectivity index (χ2v) is 13.3. The fourth-order valence-corrected chi connectivity index (χ4v) is 8.18. The van der Waals surface area contributed by atoms with E-state index in [-0.39, 0.29) is 17.4 Å². The lowest BCUT2D eigenvalue weighted by molar-refractivity contribution is -0.180. The first kappa shape index (κ1) is 29.5. The number of piperidine rings is 1. The number of aliphatic hydroxyl groups is 1. The van der Waals surface area contributed by atoms with Crippen molar-refractivity contribution < 1.29 is 9.90 Å². The Morgan fingerprint density at radius 1 is 1.21 bits per heavy atom. The highest BCUT2D eigenvalue weighted by Crippen LogP contribution is 2.63. The molecule has 0 radical (unpaired) electrons. The zero-order valence-corrected chi connectivity index (χ0v) is 25.0. The normalized spacial score (nSPS) is 23.2. The summed E-state index contributed by atoms with van der Waals surface area (Å²) in [5, 5.41) is 19.2. The van der Waals surface area contributed by atoms with Gasteiger partial charge in [0.1, 0.15) is 11.9 Å². The molecular formula is C32H43ClN4O2. The first-order chi connectivity index (χ1) is 18.4. The van der Waals surface area contributed by atoms with Crippen molar-refractivity contribution in [3.63, 3.8) is 0 Å². The van der Waals surface area contributed by atoms with E-state index < -0.39 is 0 Å². The van der Waals surface area contributed by atoms with E-state index in [9.17, 15) is 15.2 Å². The molecule has 0 amide bonds. The maximum atomic E-state index is 11.9. The van der Waals surface area contributed by atoms with Gasteiger partial charge >= 0.3 is 0 Å². The van der Waals surface area contributed by atoms with Crippen molar-refractivity contribution in [2.75, 3.05) is 31.6 Å². The Balaban J connectivity index is 1.48. The molecule has 210 valence electrons. The summed E-state index contributed by atoms with van der Waals surface area (Å²) >= 11 is 6.34. The largest absolute Gasteiger partial charge is 0.396 e. The summed E-state index contributed by atoms with van der Waals surface area (Å²) < 4.78 is 0. The predicted molar refractivity (Wildman–Crippen MR) is 157 cm³/mol. The van der Waals surface area contributed by atoms with Crippen LogP contribution in [0.1, 0.15) is 87.0 Å². The number of anilines is 1. The summed E-state index contributed by atoms with van der Waals surface area (Å²) in [6.45, 7) is 14.3. The molecule has 1 atom stereocenters. The van der Waals surface area contributed by atoms with Crippen LogP contribution in [-0.4, -0.2) is 54.1 Å². The third-order valence-electron chi connectivity index (χ3n) is 9.64. The van der Waals surface area contributed by atoms with Gasteiger partial charge in [-0.1, -0.05) is 52.3 Å². The van der Waals surface area contributed by atoms with Gasteiger partial charge in [-0.15, -0.1) is 0 Å². The lowest BCUT2D eigenvalue weighted by atomic mass is 9.42. The number of aliphatic hydroxyl groups excluding tert-OH is 1. The van der Waals surface area contributed by atoms with Crippen LogP contribution in [0.2, 0.25) is 5.02 Å². The minimum absolute atomic E-state index is 0.0635. The van der Waals surface area contributed by atoms with E-state index in [0.717, 1.165) is 50.1 Å². The quantitative estimate of drug-likeness (QED) is 0.369. The molecule has 39 heavy (non-hydrogen) atoms. The Morgan fingerprint density at radius 2 is 1.87 bits per heavy atom. The van der Waals surface area contributed by atoms with Gasteiger partial charge in [-0.25, -0.2) is 4.98 Å². The molecular weight excluding hydrogens is 508 g/mol. The Labute approximate surface area is 239 Å². The van der Waals surface area contributed by atoms with Crippen molar-refractivity contribution in [1.82, 2.24) is 9.88 Å². The number of hydrogen-bond acceptors (Lipinski definition) is 6. The minimum Gasteiger partial charge on any atom is -0.396 e. The van der Waals surface area contributed by atoms with Crippen molar-refractivity contribution in [1.29, 1.82) is 5.26 Å². The highest BCUT2D eigenvalue weighted by Gasteiger charge is 2.62. The molecule has 7 heteroatoms. The number of nitrogens with zero attached hydrogens (tertiary/aromatic N) is 4.